The van der Waals surface area contributed by atoms with E-state index in [1.165, 1.54) is 0 Å². The van der Waals surface area contributed by atoms with Crippen LogP contribution in [0.1, 0.15) is 17.3 Å². The number of nitrogens with one attached hydrogen (secondary N) is 2. The number of esters is 1. The van der Waals surface area contributed by atoms with E-state index in [-0.39, 0.29) is 5.97 Å². The van der Waals surface area contributed by atoms with Gasteiger partial charge in [-0.25, -0.2) is 9.78 Å². The molecule has 0 radical (unpaired) electrons. The summed E-state index contributed by atoms with van der Waals surface area (Å²) >= 11 is 6.14. The average Bonchev–Trinajstić information content (AvgIpc) is 2.69. The molecule has 0 bridgehead atoms. The summed E-state index contributed by atoms with van der Waals surface area (Å²) < 4.78 is 10.1. The Morgan fingerprint density at radius 3 is 2.50 bits per heavy atom. The molecule has 0 atom stereocenters. The van der Waals surface area contributed by atoms with Crippen LogP contribution in [0.25, 0.3) is 0 Å². The molecule has 0 spiro atoms. The maximum Gasteiger partial charge on any atom is 0.338 e. The van der Waals surface area contributed by atoms with Crippen molar-refractivity contribution in [3.63, 3.8) is 0 Å². The number of hydrogen-bond donors (Lipinski definition) is 2. The van der Waals surface area contributed by atoms with Crippen molar-refractivity contribution in [1.82, 2.24) is 9.97 Å². The van der Waals surface area contributed by atoms with E-state index in [9.17, 15) is 4.79 Å². The number of halogens is 1. The van der Waals surface area contributed by atoms with E-state index < -0.39 is 0 Å². The minimum absolute atomic E-state index is 0.342. The molecule has 1 aromatic heterocycles. The Morgan fingerprint density at radius 1 is 1.07 bits per heavy atom. The fraction of sp³-hybridized carbons (Fsp3) is 0.150. The molecule has 8 heteroatoms. The Labute approximate surface area is 167 Å². The summed E-state index contributed by atoms with van der Waals surface area (Å²) in [5, 5.41) is 6.75. The molecule has 0 aliphatic rings. The number of methoxy groups -OCH3 is 1. The molecule has 0 saturated heterocycles. The van der Waals surface area contributed by atoms with Gasteiger partial charge in [0.25, 0.3) is 0 Å². The van der Waals surface area contributed by atoms with Gasteiger partial charge in [-0.15, -0.1) is 0 Å². The van der Waals surface area contributed by atoms with Gasteiger partial charge in [-0.2, -0.15) is 4.98 Å². The van der Waals surface area contributed by atoms with Crippen LogP contribution in [0.15, 0.2) is 54.7 Å². The maximum atomic E-state index is 11.7. The topological polar surface area (TPSA) is 85.4 Å². The van der Waals surface area contributed by atoms with E-state index in [1.54, 1.807) is 62.7 Å². The third kappa shape index (κ3) is 4.89. The van der Waals surface area contributed by atoms with Crippen LogP contribution < -0.4 is 15.4 Å². The van der Waals surface area contributed by atoms with Gasteiger partial charge >= 0.3 is 5.97 Å². The Kier molecular flexibility index (Phi) is 6.29. The number of aromatic nitrogens is 2. The van der Waals surface area contributed by atoms with Gasteiger partial charge in [-0.1, -0.05) is 11.6 Å². The van der Waals surface area contributed by atoms with E-state index in [1.807, 2.05) is 6.07 Å². The number of ether oxygens (including phenoxy) is 2. The van der Waals surface area contributed by atoms with E-state index >= 15 is 0 Å². The highest BCUT2D eigenvalue weighted by Crippen LogP contribution is 2.28. The molecule has 2 N–H and O–H groups in total. The summed E-state index contributed by atoms with van der Waals surface area (Å²) in [7, 11) is 1.56. The highest BCUT2D eigenvalue weighted by atomic mass is 35.5. The maximum absolute atomic E-state index is 11.7. The third-order valence-corrected chi connectivity index (χ3v) is 4.03. The standard InChI is InChI=1S/C20H19ClN4O3/c1-3-28-19(26)13-4-6-14(7-5-13)23-18-10-11-22-20(25-18)24-15-8-9-17(27-2)16(21)12-15/h4-12H,3H2,1-2H3,(H2,22,23,24,25). The van der Waals surface area contributed by atoms with Crippen molar-refractivity contribution >= 4 is 40.7 Å². The number of carbonyl (C=O) groups excluding carboxylic acids is 1. The molecule has 0 saturated carbocycles. The zero-order valence-corrected chi connectivity index (χ0v) is 16.2. The summed E-state index contributed by atoms with van der Waals surface area (Å²) in [4.78, 5) is 20.3. The van der Waals surface area contributed by atoms with Crippen LogP contribution in [0, 0.1) is 0 Å². The number of benzene rings is 2. The van der Waals surface area contributed by atoms with E-state index in [2.05, 4.69) is 20.6 Å². The van der Waals surface area contributed by atoms with Crippen molar-refractivity contribution in [3.05, 3.63) is 65.3 Å². The van der Waals surface area contributed by atoms with Crippen molar-refractivity contribution in [2.75, 3.05) is 24.4 Å². The molecule has 7 nitrogen and oxygen atoms in total. The molecule has 0 unspecified atom stereocenters. The molecule has 0 aliphatic heterocycles. The molecule has 28 heavy (non-hydrogen) atoms. The highest BCUT2D eigenvalue weighted by molar-refractivity contribution is 6.32. The summed E-state index contributed by atoms with van der Waals surface area (Å²) in [5.41, 5.74) is 2.01. The van der Waals surface area contributed by atoms with Crippen molar-refractivity contribution in [2.45, 2.75) is 6.92 Å². The van der Waals surface area contributed by atoms with Crippen LogP contribution >= 0.6 is 11.6 Å². The summed E-state index contributed by atoms with van der Waals surface area (Å²) in [6.45, 7) is 2.11. The monoisotopic (exact) mass is 398 g/mol. The van der Waals surface area contributed by atoms with Gasteiger partial charge in [0.1, 0.15) is 11.6 Å². The first-order valence-electron chi connectivity index (χ1n) is 8.57. The molecule has 144 valence electrons. The zero-order chi connectivity index (χ0) is 19.9. The van der Waals surface area contributed by atoms with Gasteiger partial charge in [0.15, 0.2) is 0 Å². The Hall–Kier alpha value is -3.32. The van der Waals surface area contributed by atoms with E-state index in [4.69, 9.17) is 21.1 Å². The number of rotatable bonds is 7. The number of carbonyl (C=O) groups is 1. The second-order valence-electron chi connectivity index (χ2n) is 5.66. The normalized spacial score (nSPS) is 10.2. The minimum Gasteiger partial charge on any atom is -0.495 e. The van der Waals surface area contributed by atoms with Crippen LogP contribution in [-0.2, 0) is 4.74 Å². The van der Waals surface area contributed by atoms with Gasteiger partial charge < -0.3 is 20.1 Å². The lowest BCUT2D eigenvalue weighted by Gasteiger charge is -2.10. The molecule has 1 heterocycles. The van der Waals surface area contributed by atoms with Crippen LogP contribution in [0.5, 0.6) is 5.75 Å². The van der Waals surface area contributed by atoms with Crippen LogP contribution in [0.4, 0.5) is 23.1 Å². The fourth-order valence-corrected chi connectivity index (χ4v) is 2.67. The first-order valence-corrected chi connectivity index (χ1v) is 8.94. The number of hydrogen-bond acceptors (Lipinski definition) is 7. The molecular weight excluding hydrogens is 380 g/mol. The van der Waals surface area contributed by atoms with Gasteiger partial charge in [-0.05, 0) is 55.5 Å². The fourth-order valence-electron chi connectivity index (χ4n) is 2.41. The lowest BCUT2D eigenvalue weighted by molar-refractivity contribution is 0.0526. The molecule has 3 rings (SSSR count). The average molecular weight is 399 g/mol. The predicted octanol–water partition coefficient (Wildman–Crippen LogP) is 4.80. The molecule has 3 aromatic rings. The van der Waals surface area contributed by atoms with Crippen molar-refractivity contribution in [2.24, 2.45) is 0 Å². The quantitative estimate of drug-likeness (QED) is 0.552. The second-order valence-corrected chi connectivity index (χ2v) is 6.07. The third-order valence-electron chi connectivity index (χ3n) is 3.73. The molecule has 0 amide bonds. The first kappa shape index (κ1) is 19.4. The van der Waals surface area contributed by atoms with Crippen molar-refractivity contribution in [3.8, 4) is 5.75 Å². The SMILES string of the molecule is CCOC(=O)c1ccc(Nc2ccnc(Nc3ccc(OC)c(Cl)c3)n2)cc1. The Bertz CT molecular complexity index is 964. The number of nitrogens with zero attached hydrogens (tertiary/aromatic N) is 2. The second kappa shape index (κ2) is 9.05. The van der Waals surface area contributed by atoms with Crippen LogP contribution in [-0.4, -0.2) is 29.7 Å². The van der Waals surface area contributed by atoms with Gasteiger partial charge in [0.2, 0.25) is 5.95 Å². The largest absolute Gasteiger partial charge is 0.495 e. The Morgan fingerprint density at radius 2 is 1.82 bits per heavy atom. The van der Waals surface area contributed by atoms with Crippen molar-refractivity contribution < 1.29 is 14.3 Å². The highest BCUT2D eigenvalue weighted by Gasteiger charge is 2.07. The molecule has 0 aliphatic carbocycles. The summed E-state index contributed by atoms with van der Waals surface area (Å²) in [6.07, 6.45) is 1.63. The first-order chi connectivity index (χ1) is 13.6. The Balaban J connectivity index is 1.69. The van der Waals surface area contributed by atoms with Crippen molar-refractivity contribution in [1.29, 1.82) is 0 Å². The van der Waals surface area contributed by atoms with Crippen LogP contribution in [0.3, 0.4) is 0 Å². The summed E-state index contributed by atoms with van der Waals surface area (Å²) in [6, 6.07) is 14.0. The lowest BCUT2D eigenvalue weighted by Crippen LogP contribution is -2.04. The van der Waals surface area contributed by atoms with E-state index in [0.29, 0.717) is 34.7 Å². The molecular formula is C20H19ClN4O3. The summed E-state index contributed by atoms with van der Waals surface area (Å²) in [5.74, 6) is 1.26. The minimum atomic E-state index is -0.347. The van der Waals surface area contributed by atoms with Gasteiger partial charge in [0, 0.05) is 17.6 Å². The molecule has 0 fully saturated rings. The molecule has 2 aromatic carbocycles. The smallest absolute Gasteiger partial charge is 0.338 e. The van der Waals surface area contributed by atoms with Crippen LogP contribution in [0.2, 0.25) is 5.02 Å². The zero-order valence-electron chi connectivity index (χ0n) is 15.4. The van der Waals surface area contributed by atoms with E-state index in [0.717, 1.165) is 11.4 Å². The lowest BCUT2D eigenvalue weighted by atomic mass is 10.2. The number of anilines is 4. The predicted molar refractivity (Wildman–Crippen MR) is 109 cm³/mol. The van der Waals surface area contributed by atoms with Gasteiger partial charge in [-0.3, -0.25) is 0 Å². The van der Waals surface area contributed by atoms with Gasteiger partial charge in [0.05, 0.1) is 24.3 Å².